The minimum Gasteiger partial charge on any atom is -0.477 e. The molecule has 6 heteroatoms. The van der Waals surface area contributed by atoms with Crippen LogP contribution >= 0.6 is 0 Å². The summed E-state index contributed by atoms with van der Waals surface area (Å²) in [4.78, 5) is 0. The van der Waals surface area contributed by atoms with Gasteiger partial charge in [0.1, 0.15) is 0 Å². The van der Waals surface area contributed by atoms with Crippen molar-refractivity contribution in [2.45, 2.75) is 45.3 Å². The van der Waals surface area contributed by atoms with E-state index < -0.39 is 11.6 Å². The Morgan fingerprint density at radius 1 is 1.44 bits per heavy atom. The fraction of sp³-hybridized carbons (Fsp3) is 0.750. The van der Waals surface area contributed by atoms with E-state index in [2.05, 4.69) is 5.10 Å². The molecule has 3 nitrogen and oxygen atoms in total. The number of hydrogen-bond acceptors (Lipinski definition) is 2. The molecule has 1 saturated carbocycles. The zero-order valence-electron chi connectivity index (χ0n) is 10.3. The van der Waals surface area contributed by atoms with Crippen LogP contribution in [0, 0.1) is 5.41 Å². The molecule has 0 N–H and O–H groups in total. The molecule has 1 heterocycles. The van der Waals surface area contributed by atoms with Crippen LogP contribution in [0.1, 0.15) is 32.6 Å². The van der Waals surface area contributed by atoms with Gasteiger partial charge in [-0.15, -0.1) is 5.10 Å². The first-order valence-electron chi connectivity index (χ1n) is 6.20. The van der Waals surface area contributed by atoms with Crippen LogP contribution in [0.2, 0.25) is 0 Å². The van der Waals surface area contributed by atoms with E-state index >= 15 is 0 Å². The first-order valence-corrected chi connectivity index (χ1v) is 6.20. The molecule has 102 valence electrons. The molecule has 0 unspecified atom stereocenters. The number of halogens is 3. The first kappa shape index (κ1) is 13.2. The Kier molecular flexibility index (Phi) is 3.54. The fourth-order valence-electron chi connectivity index (χ4n) is 1.95. The van der Waals surface area contributed by atoms with Gasteiger partial charge in [0.2, 0.25) is 5.88 Å². The SMILES string of the molecule is CCCn1ccc(OCCC2(C(F)(F)F)CC2)n1. The first-order chi connectivity index (χ1) is 8.47. The third-order valence-corrected chi connectivity index (χ3v) is 3.35. The molecule has 0 radical (unpaired) electrons. The van der Waals surface area contributed by atoms with Crippen molar-refractivity contribution in [2.24, 2.45) is 5.41 Å². The molecule has 0 atom stereocenters. The Hall–Kier alpha value is -1.20. The fourth-order valence-corrected chi connectivity index (χ4v) is 1.95. The lowest BCUT2D eigenvalue weighted by Crippen LogP contribution is -2.26. The van der Waals surface area contributed by atoms with Crippen LogP contribution in [0.25, 0.3) is 0 Å². The van der Waals surface area contributed by atoms with E-state index in [1.807, 2.05) is 6.92 Å². The average Bonchev–Trinajstić information content (AvgIpc) is 2.95. The van der Waals surface area contributed by atoms with Gasteiger partial charge in [0, 0.05) is 18.8 Å². The second-order valence-electron chi connectivity index (χ2n) is 4.79. The normalized spacial score (nSPS) is 17.8. The quantitative estimate of drug-likeness (QED) is 0.785. The third-order valence-electron chi connectivity index (χ3n) is 3.35. The predicted octanol–water partition coefficient (Wildman–Crippen LogP) is 3.40. The van der Waals surface area contributed by atoms with Gasteiger partial charge in [-0.25, -0.2) is 0 Å². The number of nitrogens with zero attached hydrogens (tertiary/aromatic N) is 2. The maximum absolute atomic E-state index is 12.7. The highest BCUT2D eigenvalue weighted by Gasteiger charge is 2.62. The lowest BCUT2D eigenvalue weighted by molar-refractivity contribution is -0.190. The van der Waals surface area contributed by atoms with Crippen molar-refractivity contribution >= 4 is 0 Å². The lowest BCUT2D eigenvalue weighted by Gasteiger charge is -2.18. The Morgan fingerprint density at radius 2 is 2.17 bits per heavy atom. The third kappa shape index (κ3) is 2.79. The number of aromatic nitrogens is 2. The number of rotatable bonds is 6. The largest absolute Gasteiger partial charge is 0.477 e. The van der Waals surface area contributed by atoms with Crippen LogP contribution < -0.4 is 4.74 Å². The van der Waals surface area contributed by atoms with Crippen molar-refractivity contribution in [3.8, 4) is 5.88 Å². The van der Waals surface area contributed by atoms with Crippen molar-refractivity contribution in [3.63, 3.8) is 0 Å². The van der Waals surface area contributed by atoms with E-state index in [-0.39, 0.29) is 25.9 Å². The summed E-state index contributed by atoms with van der Waals surface area (Å²) in [6.45, 7) is 2.89. The molecule has 1 aliphatic rings. The predicted molar refractivity (Wildman–Crippen MR) is 60.4 cm³/mol. The van der Waals surface area contributed by atoms with Crippen LogP contribution in [0.15, 0.2) is 12.3 Å². The minimum absolute atomic E-state index is 0.0249. The Bertz CT molecular complexity index is 396. The molecule has 0 saturated heterocycles. The van der Waals surface area contributed by atoms with Crippen LogP contribution in [0.3, 0.4) is 0 Å². The lowest BCUT2D eigenvalue weighted by atomic mass is 10.0. The van der Waals surface area contributed by atoms with Crippen molar-refractivity contribution in [1.29, 1.82) is 0 Å². The van der Waals surface area contributed by atoms with Crippen LogP contribution in [-0.2, 0) is 6.54 Å². The monoisotopic (exact) mass is 262 g/mol. The molecule has 18 heavy (non-hydrogen) atoms. The summed E-state index contributed by atoms with van der Waals surface area (Å²) in [6.07, 6.45) is -0.892. The van der Waals surface area contributed by atoms with Crippen LogP contribution in [0.5, 0.6) is 5.88 Å². The van der Waals surface area contributed by atoms with Gasteiger partial charge in [0.25, 0.3) is 0 Å². The highest BCUT2D eigenvalue weighted by atomic mass is 19.4. The Labute approximate surface area is 104 Å². The highest BCUT2D eigenvalue weighted by molar-refractivity contribution is 5.06. The Balaban J connectivity index is 1.78. The average molecular weight is 262 g/mol. The van der Waals surface area contributed by atoms with Gasteiger partial charge < -0.3 is 4.74 Å². The molecule has 0 aromatic carbocycles. The van der Waals surface area contributed by atoms with Gasteiger partial charge in [0.05, 0.1) is 12.0 Å². The van der Waals surface area contributed by atoms with Crippen LogP contribution in [0.4, 0.5) is 13.2 Å². The summed E-state index contributed by atoms with van der Waals surface area (Å²) in [5, 5.41) is 4.12. The van der Waals surface area contributed by atoms with Crippen molar-refractivity contribution in [2.75, 3.05) is 6.61 Å². The van der Waals surface area contributed by atoms with Crippen molar-refractivity contribution in [1.82, 2.24) is 9.78 Å². The van der Waals surface area contributed by atoms with Gasteiger partial charge in [-0.1, -0.05) is 6.92 Å². The van der Waals surface area contributed by atoms with E-state index in [9.17, 15) is 13.2 Å². The molecule has 1 aromatic rings. The summed E-state index contributed by atoms with van der Waals surface area (Å²) < 4.78 is 45.0. The molecule has 2 rings (SSSR count). The molecular formula is C12H17F3N2O. The molecule has 0 aliphatic heterocycles. The smallest absolute Gasteiger partial charge is 0.394 e. The second kappa shape index (κ2) is 4.82. The van der Waals surface area contributed by atoms with E-state index in [4.69, 9.17) is 4.74 Å². The van der Waals surface area contributed by atoms with Crippen molar-refractivity contribution in [3.05, 3.63) is 12.3 Å². The zero-order chi connectivity index (χ0) is 13.2. The highest BCUT2D eigenvalue weighted by Crippen LogP contribution is 2.59. The summed E-state index contributed by atoms with van der Waals surface area (Å²) in [6, 6.07) is 1.68. The molecule has 1 aromatic heterocycles. The minimum atomic E-state index is -4.10. The van der Waals surface area contributed by atoms with Crippen LogP contribution in [-0.4, -0.2) is 22.6 Å². The summed E-state index contributed by atoms with van der Waals surface area (Å²) >= 11 is 0. The summed E-state index contributed by atoms with van der Waals surface area (Å²) in [7, 11) is 0. The van der Waals surface area contributed by atoms with Gasteiger partial charge in [-0.05, 0) is 25.7 Å². The maximum atomic E-state index is 12.7. The van der Waals surface area contributed by atoms with E-state index in [0.29, 0.717) is 5.88 Å². The molecule has 0 bridgehead atoms. The number of hydrogen-bond donors (Lipinski definition) is 0. The molecule has 1 fully saturated rings. The topological polar surface area (TPSA) is 27.1 Å². The molecule has 1 aliphatic carbocycles. The standard InChI is InChI=1S/C12H17F3N2O/c1-2-7-17-8-3-10(16-17)18-9-6-11(4-5-11)12(13,14)15/h3,8H,2,4-7,9H2,1H3. The molecule has 0 amide bonds. The van der Waals surface area contributed by atoms with Gasteiger partial charge in [-0.2, -0.15) is 13.2 Å². The van der Waals surface area contributed by atoms with E-state index in [0.717, 1.165) is 13.0 Å². The molecule has 0 spiro atoms. The van der Waals surface area contributed by atoms with E-state index in [1.54, 1.807) is 16.9 Å². The van der Waals surface area contributed by atoms with Gasteiger partial charge >= 0.3 is 6.18 Å². The summed E-state index contributed by atoms with van der Waals surface area (Å²) in [5.74, 6) is 0.404. The van der Waals surface area contributed by atoms with E-state index in [1.165, 1.54) is 0 Å². The van der Waals surface area contributed by atoms with Gasteiger partial charge in [0.15, 0.2) is 0 Å². The molecular weight excluding hydrogens is 245 g/mol. The number of aryl methyl sites for hydroxylation is 1. The number of alkyl halides is 3. The summed E-state index contributed by atoms with van der Waals surface area (Å²) in [5.41, 5.74) is -1.49. The van der Waals surface area contributed by atoms with Gasteiger partial charge in [-0.3, -0.25) is 4.68 Å². The Morgan fingerprint density at radius 3 is 2.72 bits per heavy atom. The van der Waals surface area contributed by atoms with Crippen molar-refractivity contribution < 1.29 is 17.9 Å². The maximum Gasteiger partial charge on any atom is 0.394 e. The number of ether oxygens (including phenoxy) is 1. The second-order valence-corrected chi connectivity index (χ2v) is 4.79. The zero-order valence-corrected chi connectivity index (χ0v) is 10.3.